The predicted octanol–water partition coefficient (Wildman–Crippen LogP) is 2.90. The zero-order valence-electron chi connectivity index (χ0n) is 14.9. The molecule has 6 nitrogen and oxygen atoms in total. The van der Waals surface area contributed by atoms with Crippen molar-refractivity contribution in [2.24, 2.45) is 7.05 Å². The van der Waals surface area contributed by atoms with E-state index in [0.29, 0.717) is 21.7 Å². The molecule has 7 heteroatoms. The van der Waals surface area contributed by atoms with Crippen LogP contribution in [0.1, 0.15) is 11.1 Å². The summed E-state index contributed by atoms with van der Waals surface area (Å²) in [5.74, 6) is 0. The van der Waals surface area contributed by atoms with Crippen LogP contribution >= 0.6 is 11.6 Å². The van der Waals surface area contributed by atoms with Crippen LogP contribution in [-0.4, -0.2) is 18.9 Å². The zero-order valence-corrected chi connectivity index (χ0v) is 15.6. The molecule has 27 heavy (non-hydrogen) atoms. The van der Waals surface area contributed by atoms with E-state index in [1.807, 2.05) is 37.3 Å². The van der Waals surface area contributed by atoms with Crippen molar-refractivity contribution in [3.63, 3.8) is 0 Å². The Labute approximate surface area is 159 Å². The van der Waals surface area contributed by atoms with E-state index >= 15 is 0 Å². The molecule has 4 aromatic rings. The molecule has 0 spiro atoms. The van der Waals surface area contributed by atoms with Crippen LogP contribution in [0.2, 0.25) is 5.02 Å². The van der Waals surface area contributed by atoms with Crippen molar-refractivity contribution < 1.29 is 0 Å². The van der Waals surface area contributed by atoms with Crippen LogP contribution in [0, 0.1) is 6.92 Å². The highest BCUT2D eigenvalue weighted by molar-refractivity contribution is 6.31. The number of halogens is 1. The van der Waals surface area contributed by atoms with Gasteiger partial charge in [-0.1, -0.05) is 47.5 Å². The molecule has 0 saturated heterocycles. The lowest BCUT2D eigenvalue weighted by Crippen LogP contribution is -2.39. The lowest BCUT2D eigenvalue weighted by Gasteiger charge is -2.13. The van der Waals surface area contributed by atoms with E-state index in [1.54, 1.807) is 25.2 Å². The predicted molar refractivity (Wildman–Crippen MR) is 106 cm³/mol. The van der Waals surface area contributed by atoms with E-state index in [1.165, 1.54) is 20.0 Å². The maximum Gasteiger partial charge on any atom is 0.336 e. The van der Waals surface area contributed by atoms with Crippen molar-refractivity contribution in [2.75, 3.05) is 0 Å². The molecule has 0 aliphatic heterocycles. The molecule has 136 valence electrons. The Hall–Kier alpha value is -3.12. The molecule has 0 N–H and O–H groups in total. The largest absolute Gasteiger partial charge is 0.336 e. The Morgan fingerprint density at radius 3 is 2.44 bits per heavy atom. The third-order valence-electron chi connectivity index (χ3n) is 4.62. The monoisotopic (exact) mass is 380 g/mol. The molecule has 2 aromatic carbocycles. The molecule has 0 amide bonds. The molecule has 0 radical (unpaired) electrons. The first-order valence-electron chi connectivity index (χ1n) is 8.45. The second-order valence-corrected chi connectivity index (χ2v) is 6.85. The minimum atomic E-state index is -0.427. The van der Waals surface area contributed by atoms with Gasteiger partial charge in [-0.15, -0.1) is 0 Å². The summed E-state index contributed by atoms with van der Waals surface area (Å²) in [6.45, 7) is 2.19. The summed E-state index contributed by atoms with van der Waals surface area (Å²) < 4.78 is 4.20. The molecule has 0 aliphatic carbocycles. The van der Waals surface area contributed by atoms with Crippen LogP contribution in [0.3, 0.4) is 0 Å². The van der Waals surface area contributed by atoms with Gasteiger partial charge in [0.1, 0.15) is 0 Å². The van der Waals surface area contributed by atoms with Crippen molar-refractivity contribution in [2.45, 2.75) is 13.5 Å². The average molecular weight is 381 g/mol. The van der Waals surface area contributed by atoms with Gasteiger partial charge in [0.2, 0.25) is 0 Å². The number of nitrogens with zero attached hydrogens (tertiary/aromatic N) is 4. The van der Waals surface area contributed by atoms with Crippen molar-refractivity contribution in [3.05, 3.63) is 91.7 Å². The van der Waals surface area contributed by atoms with Crippen molar-refractivity contribution in [1.82, 2.24) is 18.9 Å². The van der Waals surface area contributed by atoms with Gasteiger partial charge in [0.25, 0.3) is 5.56 Å². The first kappa shape index (κ1) is 17.3. The van der Waals surface area contributed by atoms with Crippen molar-refractivity contribution >= 4 is 22.6 Å². The van der Waals surface area contributed by atoms with Crippen LogP contribution in [-0.2, 0) is 13.6 Å². The summed E-state index contributed by atoms with van der Waals surface area (Å²) in [5, 5.41) is 4.75. The van der Waals surface area contributed by atoms with Gasteiger partial charge >= 0.3 is 5.69 Å². The lowest BCUT2D eigenvalue weighted by molar-refractivity contribution is 0.709. The Bertz CT molecular complexity index is 1270. The summed E-state index contributed by atoms with van der Waals surface area (Å²) in [5.41, 5.74) is 2.38. The summed E-state index contributed by atoms with van der Waals surface area (Å²) in [7, 11) is 1.69. The van der Waals surface area contributed by atoms with Gasteiger partial charge in [0.15, 0.2) is 5.52 Å². The molecule has 0 atom stereocenters. The summed E-state index contributed by atoms with van der Waals surface area (Å²) >= 11 is 6.28. The summed E-state index contributed by atoms with van der Waals surface area (Å²) in [6.07, 6.45) is 1.54. The molecule has 4 rings (SSSR count). The number of aromatic nitrogens is 4. The fourth-order valence-electron chi connectivity index (χ4n) is 3.16. The highest BCUT2D eigenvalue weighted by Crippen LogP contribution is 2.18. The quantitative estimate of drug-likeness (QED) is 0.549. The topological polar surface area (TPSA) is 61.8 Å². The van der Waals surface area contributed by atoms with E-state index in [-0.39, 0.29) is 6.54 Å². The minimum Gasteiger partial charge on any atom is -0.285 e. The highest BCUT2D eigenvalue weighted by atomic mass is 35.5. The van der Waals surface area contributed by atoms with Gasteiger partial charge in [-0.3, -0.25) is 14.0 Å². The van der Waals surface area contributed by atoms with Gasteiger partial charge in [-0.05, 0) is 30.7 Å². The van der Waals surface area contributed by atoms with Crippen molar-refractivity contribution in [3.8, 4) is 5.69 Å². The first-order valence-corrected chi connectivity index (χ1v) is 8.83. The molecule has 2 aromatic heterocycles. The van der Waals surface area contributed by atoms with Crippen LogP contribution in [0.4, 0.5) is 0 Å². The minimum absolute atomic E-state index is 0.243. The Morgan fingerprint density at radius 2 is 1.74 bits per heavy atom. The second kappa shape index (κ2) is 6.55. The molecular formula is C20H17ClN4O2. The Balaban J connectivity index is 2.04. The maximum atomic E-state index is 13.3. The van der Waals surface area contributed by atoms with Gasteiger partial charge in [0, 0.05) is 12.1 Å². The summed E-state index contributed by atoms with van der Waals surface area (Å²) in [4.78, 5) is 26.3. The molecule has 0 bridgehead atoms. The highest BCUT2D eigenvalue weighted by Gasteiger charge is 2.18. The number of aryl methyl sites for hydroxylation is 2. The third kappa shape index (κ3) is 2.88. The van der Waals surface area contributed by atoms with Gasteiger partial charge in [-0.2, -0.15) is 5.10 Å². The summed E-state index contributed by atoms with van der Waals surface area (Å²) in [6, 6.07) is 14.6. The fraction of sp³-hybridized carbons (Fsp3) is 0.150. The van der Waals surface area contributed by atoms with Gasteiger partial charge in [0.05, 0.1) is 23.9 Å². The van der Waals surface area contributed by atoms with Gasteiger partial charge in [-0.25, -0.2) is 9.36 Å². The van der Waals surface area contributed by atoms with E-state index in [2.05, 4.69) is 5.10 Å². The van der Waals surface area contributed by atoms with Crippen LogP contribution in [0.5, 0.6) is 0 Å². The number of benzene rings is 2. The standard InChI is InChI=1S/C20H17ClN4O2/c1-13-7-9-15(10-8-13)25-19(26)18-17(11-22-23(18)2)24(20(25)27)12-14-5-3-4-6-16(14)21/h3-11H,12H2,1-2H3. The maximum absolute atomic E-state index is 13.3. The zero-order chi connectivity index (χ0) is 19.1. The first-order chi connectivity index (χ1) is 13.0. The Morgan fingerprint density at radius 1 is 1.04 bits per heavy atom. The van der Waals surface area contributed by atoms with Crippen LogP contribution in [0.15, 0.2) is 64.3 Å². The van der Waals surface area contributed by atoms with Crippen LogP contribution in [0.25, 0.3) is 16.7 Å². The molecular weight excluding hydrogens is 364 g/mol. The van der Waals surface area contributed by atoms with E-state index < -0.39 is 11.2 Å². The fourth-order valence-corrected chi connectivity index (χ4v) is 3.35. The number of hydrogen-bond donors (Lipinski definition) is 0. The normalized spacial score (nSPS) is 11.2. The number of hydrogen-bond acceptors (Lipinski definition) is 3. The molecule has 0 saturated carbocycles. The average Bonchev–Trinajstić information content (AvgIpc) is 3.03. The van der Waals surface area contributed by atoms with E-state index in [0.717, 1.165) is 11.1 Å². The number of rotatable bonds is 3. The van der Waals surface area contributed by atoms with Crippen molar-refractivity contribution in [1.29, 1.82) is 0 Å². The molecule has 0 unspecified atom stereocenters. The number of fused-ring (bicyclic) bond motifs is 1. The molecule has 0 aliphatic rings. The SMILES string of the molecule is Cc1ccc(-n2c(=O)c3c(cnn3C)n(Cc3ccccc3Cl)c2=O)cc1. The smallest absolute Gasteiger partial charge is 0.285 e. The lowest BCUT2D eigenvalue weighted by atomic mass is 10.2. The third-order valence-corrected chi connectivity index (χ3v) is 4.99. The van der Waals surface area contributed by atoms with Crippen LogP contribution < -0.4 is 11.2 Å². The molecule has 0 fully saturated rings. The van der Waals surface area contributed by atoms with E-state index in [9.17, 15) is 9.59 Å². The molecule has 2 heterocycles. The Kier molecular flexibility index (Phi) is 4.20. The second-order valence-electron chi connectivity index (χ2n) is 6.44. The van der Waals surface area contributed by atoms with Gasteiger partial charge < -0.3 is 0 Å². The van der Waals surface area contributed by atoms with E-state index in [4.69, 9.17) is 11.6 Å².